The van der Waals surface area contributed by atoms with Crippen LogP contribution in [0.5, 0.6) is 0 Å². The Balaban J connectivity index is 2.79. The van der Waals surface area contributed by atoms with Gasteiger partial charge in [-0.1, -0.05) is 0 Å². The van der Waals surface area contributed by atoms with Crippen molar-refractivity contribution in [3.63, 3.8) is 0 Å². The summed E-state index contributed by atoms with van der Waals surface area (Å²) in [6, 6.07) is 1.83. The summed E-state index contributed by atoms with van der Waals surface area (Å²) in [4.78, 5) is 13.4. The fourth-order valence-electron chi connectivity index (χ4n) is 2.20. The van der Waals surface area contributed by atoms with E-state index in [-0.39, 0.29) is 18.9 Å². The van der Waals surface area contributed by atoms with Crippen LogP contribution in [0.2, 0.25) is 0 Å². The van der Waals surface area contributed by atoms with Crippen LogP contribution in [0.15, 0.2) is 6.07 Å². The number of aryl methyl sites for hydroxylation is 1. The number of ketones is 1. The predicted octanol–water partition coefficient (Wildman–Crippen LogP) is 2.50. The smallest absolute Gasteiger partial charge is 0.251 e. The predicted molar refractivity (Wildman–Crippen MR) is 67.4 cm³/mol. The van der Waals surface area contributed by atoms with E-state index in [9.17, 15) is 13.6 Å². The van der Waals surface area contributed by atoms with E-state index in [4.69, 9.17) is 0 Å². The molecule has 0 unspecified atom stereocenters. The Labute approximate surface area is 106 Å². The van der Waals surface area contributed by atoms with Crippen molar-refractivity contribution in [2.45, 2.75) is 33.7 Å². The first-order chi connectivity index (χ1) is 8.36. The molecule has 0 saturated heterocycles. The quantitative estimate of drug-likeness (QED) is 0.732. The van der Waals surface area contributed by atoms with Crippen molar-refractivity contribution in [1.29, 1.82) is 0 Å². The van der Waals surface area contributed by atoms with Crippen LogP contribution in [-0.2, 0) is 6.54 Å². The molecule has 0 radical (unpaired) electrons. The molecule has 0 spiro atoms. The van der Waals surface area contributed by atoms with Crippen molar-refractivity contribution in [1.82, 2.24) is 9.47 Å². The van der Waals surface area contributed by atoms with E-state index in [1.807, 2.05) is 31.4 Å². The van der Waals surface area contributed by atoms with Gasteiger partial charge in [0.15, 0.2) is 5.78 Å². The zero-order valence-electron chi connectivity index (χ0n) is 11.3. The van der Waals surface area contributed by atoms with Crippen molar-refractivity contribution in [2.75, 3.05) is 20.1 Å². The third-order valence-corrected chi connectivity index (χ3v) is 3.05. The lowest BCUT2D eigenvalue weighted by Crippen LogP contribution is -2.30. The summed E-state index contributed by atoms with van der Waals surface area (Å²) in [6.07, 6.45) is -2.41. The molecule has 1 aromatic rings. The number of nitrogens with zero attached hydrogens (tertiary/aromatic N) is 2. The molecule has 0 N–H and O–H groups in total. The first-order valence-corrected chi connectivity index (χ1v) is 6.03. The van der Waals surface area contributed by atoms with E-state index in [2.05, 4.69) is 0 Å². The third-order valence-electron chi connectivity index (χ3n) is 3.05. The maximum absolute atomic E-state index is 12.2. The van der Waals surface area contributed by atoms with Gasteiger partial charge in [-0.3, -0.25) is 9.69 Å². The molecule has 1 rings (SSSR count). The van der Waals surface area contributed by atoms with E-state index in [1.165, 1.54) is 11.9 Å². The number of halogens is 2. The van der Waals surface area contributed by atoms with E-state index in [0.29, 0.717) is 5.56 Å². The second-order valence-electron chi connectivity index (χ2n) is 4.54. The lowest BCUT2D eigenvalue weighted by Gasteiger charge is -2.14. The Bertz CT molecular complexity index is 427. The summed E-state index contributed by atoms with van der Waals surface area (Å²) in [5.74, 6) is -0.106. The fraction of sp³-hybridized carbons (Fsp3) is 0.615. The van der Waals surface area contributed by atoms with E-state index in [1.54, 1.807) is 0 Å². The number of hydrogen-bond acceptors (Lipinski definition) is 2. The van der Waals surface area contributed by atoms with E-state index in [0.717, 1.165) is 17.9 Å². The highest BCUT2D eigenvalue weighted by atomic mass is 19.3. The molecule has 0 aliphatic carbocycles. The number of carbonyl (C=O) groups is 1. The van der Waals surface area contributed by atoms with Crippen LogP contribution in [0.3, 0.4) is 0 Å². The number of carbonyl (C=O) groups excluding carboxylic acids is 1. The van der Waals surface area contributed by atoms with Gasteiger partial charge in [-0.15, -0.1) is 0 Å². The van der Waals surface area contributed by atoms with Crippen LogP contribution in [-0.4, -0.2) is 41.8 Å². The van der Waals surface area contributed by atoms with Gasteiger partial charge >= 0.3 is 0 Å². The van der Waals surface area contributed by atoms with Crippen LogP contribution in [0.1, 0.15) is 28.7 Å². The summed E-state index contributed by atoms with van der Waals surface area (Å²) in [5, 5.41) is 0. The molecule has 0 aliphatic heterocycles. The lowest BCUT2D eigenvalue weighted by atomic mass is 10.1. The standard InChI is InChI=1S/C13H20F2N2O/c1-5-17-9(2)6-11(10(17)3)12(18)7-16(4)8-13(14)15/h6,13H,5,7-8H2,1-4H3. The van der Waals surface area contributed by atoms with Crippen LogP contribution < -0.4 is 0 Å². The zero-order valence-corrected chi connectivity index (χ0v) is 11.3. The minimum Gasteiger partial charge on any atom is -0.349 e. The molecule has 0 aliphatic rings. The molecule has 5 heteroatoms. The van der Waals surface area contributed by atoms with Crippen molar-refractivity contribution in [3.05, 3.63) is 23.0 Å². The van der Waals surface area contributed by atoms with Crippen LogP contribution >= 0.6 is 0 Å². The van der Waals surface area contributed by atoms with Gasteiger partial charge in [0.1, 0.15) is 0 Å². The number of rotatable bonds is 6. The Morgan fingerprint density at radius 2 is 2.06 bits per heavy atom. The van der Waals surface area contributed by atoms with Crippen molar-refractivity contribution in [2.24, 2.45) is 0 Å². The Kier molecular flexibility index (Phi) is 5.02. The van der Waals surface area contributed by atoms with Gasteiger partial charge in [0.05, 0.1) is 13.1 Å². The molecule has 102 valence electrons. The molecule has 0 saturated carbocycles. The topological polar surface area (TPSA) is 25.2 Å². The molecule has 0 bridgehead atoms. The molecule has 3 nitrogen and oxygen atoms in total. The summed E-state index contributed by atoms with van der Waals surface area (Å²) < 4.78 is 26.4. The molecular formula is C13H20F2N2O. The number of alkyl halides is 2. The minimum atomic E-state index is -2.41. The van der Waals surface area contributed by atoms with Crippen molar-refractivity contribution < 1.29 is 13.6 Å². The van der Waals surface area contributed by atoms with Crippen molar-refractivity contribution >= 4 is 5.78 Å². The third kappa shape index (κ3) is 3.38. The molecule has 18 heavy (non-hydrogen) atoms. The Morgan fingerprint density at radius 3 is 2.50 bits per heavy atom. The normalized spacial score (nSPS) is 11.6. The van der Waals surface area contributed by atoms with Gasteiger partial charge in [0, 0.05) is 23.5 Å². The van der Waals surface area contributed by atoms with Crippen LogP contribution in [0.25, 0.3) is 0 Å². The summed E-state index contributed by atoms with van der Waals surface area (Å²) >= 11 is 0. The van der Waals surface area contributed by atoms with E-state index >= 15 is 0 Å². The maximum Gasteiger partial charge on any atom is 0.251 e. The largest absolute Gasteiger partial charge is 0.349 e. The molecular weight excluding hydrogens is 238 g/mol. The Morgan fingerprint density at radius 1 is 1.44 bits per heavy atom. The molecule has 1 heterocycles. The Hall–Kier alpha value is -1.23. The van der Waals surface area contributed by atoms with Gasteiger partial charge in [-0.2, -0.15) is 0 Å². The summed E-state index contributed by atoms with van der Waals surface area (Å²) in [6.45, 7) is 6.29. The van der Waals surface area contributed by atoms with Gasteiger partial charge < -0.3 is 4.57 Å². The first-order valence-electron chi connectivity index (χ1n) is 6.03. The number of Topliss-reactive ketones (excluding diaryl/α,β-unsaturated/α-hetero) is 1. The van der Waals surface area contributed by atoms with Gasteiger partial charge in [-0.25, -0.2) is 8.78 Å². The van der Waals surface area contributed by atoms with E-state index < -0.39 is 6.43 Å². The number of likely N-dealkylation sites (N-methyl/N-ethyl adjacent to an activating group) is 1. The highest BCUT2D eigenvalue weighted by Crippen LogP contribution is 2.16. The molecule has 0 fully saturated rings. The van der Waals surface area contributed by atoms with Crippen LogP contribution in [0.4, 0.5) is 8.78 Å². The summed E-state index contributed by atoms with van der Waals surface area (Å²) in [5.41, 5.74) is 2.57. The van der Waals surface area contributed by atoms with Gasteiger partial charge in [0.25, 0.3) is 6.43 Å². The number of aromatic nitrogens is 1. The molecule has 0 amide bonds. The van der Waals surface area contributed by atoms with Crippen molar-refractivity contribution in [3.8, 4) is 0 Å². The van der Waals surface area contributed by atoms with Gasteiger partial charge in [0.2, 0.25) is 0 Å². The highest BCUT2D eigenvalue weighted by Gasteiger charge is 2.17. The highest BCUT2D eigenvalue weighted by molar-refractivity contribution is 5.99. The minimum absolute atomic E-state index is 0.0261. The summed E-state index contributed by atoms with van der Waals surface area (Å²) in [7, 11) is 1.53. The fourth-order valence-corrected chi connectivity index (χ4v) is 2.20. The molecule has 0 aromatic carbocycles. The van der Waals surface area contributed by atoms with Gasteiger partial charge in [-0.05, 0) is 33.9 Å². The second kappa shape index (κ2) is 6.09. The average molecular weight is 258 g/mol. The molecule has 0 atom stereocenters. The number of hydrogen-bond donors (Lipinski definition) is 0. The monoisotopic (exact) mass is 258 g/mol. The lowest BCUT2D eigenvalue weighted by molar-refractivity contribution is 0.0819. The average Bonchev–Trinajstić information content (AvgIpc) is 2.52. The second-order valence-corrected chi connectivity index (χ2v) is 4.54. The zero-order chi connectivity index (χ0) is 13.9. The maximum atomic E-state index is 12.2. The SMILES string of the molecule is CCn1c(C)cc(C(=O)CN(C)CC(F)F)c1C. The molecule has 1 aromatic heterocycles. The van der Waals surface area contributed by atoms with Crippen LogP contribution in [0, 0.1) is 13.8 Å². The first kappa shape index (κ1) is 14.8.